The lowest BCUT2D eigenvalue weighted by Crippen LogP contribution is -2.27. The molecular formula is C24H24N8O3. The fraction of sp³-hybridized carbons (Fsp3) is 0.125. The molecule has 11 heteroatoms. The van der Waals surface area contributed by atoms with Crippen molar-refractivity contribution in [1.82, 2.24) is 25.1 Å². The second kappa shape index (κ2) is 10.8. The third-order valence-corrected chi connectivity index (χ3v) is 4.85. The Morgan fingerprint density at radius 1 is 1.03 bits per heavy atom. The summed E-state index contributed by atoms with van der Waals surface area (Å²) in [5.41, 5.74) is 7.69. The molecule has 2 aromatic carbocycles. The maximum Gasteiger partial charge on any atom is 0.409 e. The number of nitrogens with zero attached hydrogens (tertiary/aromatic N) is 4. The zero-order valence-electron chi connectivity index (χ0n) is 18.9. The van der Waals surface area contributed by atoms with Crippen molar-refractivity contribution >= 4 is 35.1 Å². The van der Waals surface area contributed by atoms with Gasteiger partial charge in [-0.2, -0.15) is 10.1 Å². The largest absolute Gasteiger partial charge is 0.410 e. The number of nitrogens with one attached hydrogen (secondary N) is 3. The topological polar surface area (TPSA) is 149 Å². The molecule has 0 fully saturated rings. The first-order valence-electron chi connectivity index (χ1n) is 10.8. The monoisotopic (exact) mass is 472 g/mol. The highest BCUT2D eigenvalue weighted by Crippen LogP contribution is 2.24. The number of ether oxygens (including phenoxy) is 1. The van der Waals surface area contributed by atoms with Crippen LogP contribution < -0.4 is 26.4 Å². The first-order valence-corrected chi connectivity index (χ1v) is 10.8. The number of aromatic nitrogens is 4. The number of carbonyl (C=O) groups excluding carboxylic acids is 2. The van der Waals surface area contributed by atoms with Gasteiger partial charge in [-0.1, -0.05) is 36.4 Å². The molecule has 0 spiro atoms. The second-order valence-electron chi connectivity index (χ2n) is 7.55. The molecule has 35 heavy (non-hydrogen) atoms. The Kier molecular flexibility index (Phi) is 7.16. The molecule has 0 radical (unpaired) electrons. The number of anilines is 4. The molecular weight excluding hydrogens is 448 g/mol. The zero-order valence-corrected chi connectivity index (χ0v) is 18.9. The van der Waals surface area contributed by atoms with Crippen molar-refractivity contribution in [3.8, 4) is 5.75 Å². The third-order valence-electron chi connectivity index (χ3n) is 4.85. The van der Waals surface area contributed by atoms with Gasteiger partial charge in [-0.3, -0.25) is 9.48 Å². The molecule has 0 aliphatic carbocycles. The van der Waals surface area contributed by atoms with Gasteiger partial charge in [0.05, 0.1) is 11.9 Å². The summed E-state index contributed by atoms with van der Waals surface area (Å²) in [6, 6.07) is 16.4. The van der Waals surface area contributed by atoms with Gasteiger partial charge in [0.2, 0.25) is 5.95 Å². The van der Waals surface area contributed by atoms with Gasteiger partial charge in [0, 0.05) is 37.7 Å². The molecule has 2 amide bonds. The predicted molar refractivity (Wildman–Crippen MR) is 131 cm³/mol. The van der Waals surface area contributed by atoms with Crippen molar-refractivity contribution < 1.29 is 14.3 Å². The van der Waals surface area contributed by atoms with E-state index in [1.165, 1.54) is 6.20 Å². The lowest BCUT2D eigenvalue weighted by molar-refractivity contribution is 0.0954. The normalized spacial score (nSPS) is 10.4. The van der Waals surface area contributed by atoms with Crippen molar-refractivity contribution in [1.29, 1.82) is 0 Å². The summed E-state index contributed by atoms with van der Waals surface area (Å²) >= 11 is 0. The first-order chi connectivity index (χ1) is 17.0. The molecule has 2 heterocycles. The maximum atomic E-state index is 13.0. The lowest BCUT2D eigenvalue weighted by atomic mass is 10.1. The van der Waals surface area contributed by atoms with Gasteiger partial charge in [0.25, 0.3) is 5.91 Å². The molecule has 11 nitrogen and oxygen atoms in total. The predicted octanol–water partition coefficient (Wildman–Crippen LogP) is 3.13. The molecule has 2 aromatic heterocycles. The Morgan fingerprint density at radius 3 is 2.60 bits per heavy atom. The Labute approximate surface area is 201 Å². The van der Waals surface area contributed by atoms with Gasteiger partial charge >= 0.3 is 6.09 Å². The van der Waals surface area contributed by atoms with Gasteiger partial charge < -0.3 is 26.4 Å². The summed E-state index contributed by atoms with van der Waals surface area (Å²) in [5.74, 6) is 0.450. The fourth-order valence-corrected chi connectivity index (χ4v) is 3.27. The number of hydrogen-bond acceptors (Lipinski definition) is 8. The van der Waals surface area contributed by atoms with Crippen LogP contribution in [0.5, 0.6) is 5.75 Å². The minimum atomic E-state index is -0.925. The van der Waals surface area contributed by atoms with Crippen LogP contribution in [0.2, 0.25) is 0 Å². The highest BCUT2D eigenvalue weighted by atomic mass is 16.5. The van der Waals surface area contributed by atoms with Crippen molar-refractivity contribution in [3.63, 3.8) is 0 Å². The van der Waals surface area contributed by atoms with Crippen LogP contribution in [0, 0.1) is 0 Å². The Morgan fingerprint density at radius 2 is 1.86 bits per heavy atom. The van der Waals surface area contributed by atoms with Gasteiger partial charge in [0.1, 0.15) is 17.1 Å². The van der Waals surface area contributed by atoms with Crippen molar-refractivity contribution in [3.05, 3.63) is 84.3 Å². The van der Waals surface area contributed by atoms with Crippen molar-refractivity contribution in [2.75, 3.05) is 17.2 Å². The highest BCUT2D eigenvalue weighted by Gasteiger charge is 2.16. The van der Waals surface area contributed by atoms with Crippen molar-refractivity contribution in [2.24, 2.45) is 12.8 Å². The van der Waals surface area contributed by atoms with E-state index in [0.29, 0.717) is 24.3 Å². The number of nitrogens with two attached hydrogens (primary N) is 1. The van der Waals surface area contributed by atoms with E-state index in [4.69, 9.17) is 10.5 Å². The molecule has 0 atom stereocenters. The number of carbonyl (C=O) groups is 2. The van der Waals surface area contributed by atoms with Gasteiger partial charge in [-0.15, -0.1) is 0 Å². The van der Waals surface area contributed by atoms with E-state index in [-0.39, 0.29) is 29.0 Å². The van der Waals surface area contributed by atoms with Gasteiger partial charge in [0.15, 0.2) is 0 Å². The standard InChI is InChI=1S/C24H24N8O3/c1-32-15-18(13-28-32)30-24-27-14-20(22(33)26-11-10-16-6-3-2-4-7-16)21(31-24)29-17-8-5-9-19(12-17)35-23(25)34/h2-9,12-15H,10-11H2,1H3,(H2,25,34)(H,26,33)(H2,27,29,30,31). The molecule has 0 unspecified atom stereocenters. The van der Waals surface area contributed by atoms with Crippen LogP contribution in [-0.4, -0.2) is 38.3 Å². The summed E-state index contributed by atoms with van der Waals surface area (Å²) in [4.78, 5) is 32.8. The second-order valence-corrected chi connectivity index (χ2v) is 7.55. The van der Waals surface area contributed by atoms with E-state index in [2.05, 4.69) is 31.0 Å². The average molecular weight is 473 g/mol. The summed E-state index contributed by atoms with van der Waals surface area (Å²) < 4.78 is 6.57. The molecule has 0 saturated heterocycles. The van der Waals surface area contributed by atoms with Crippen LogP contribution in [-0.2, 0) is 13.5 Å². The lowest BCUT2D eigenvalue weighted by Gasteiger charge is -2.13. The van der Waals surface area contributed by atoms with Crippen LogP contribution in [0.1, 0.15) is 15.9 Å². The van der Waals surface area contributed by atoms with E-state index in [0.717, 1.165) is 5.56 Å². The molecule has 0 saturated carbocycles. The number of aryl methyl sites for hydroxylation is 1. The van der Waals surface area contributed by atoms with Gasteiger partial charge in [-0.05, 0) is 24.1 Å². The van der Waals surface area contributed by atoms with E-state index in [9.17, 15) is 9.59 Å². The zero-order chi connectivity index (χ0) is 24.6. The SMILES string of the molecule is Cn1cc(Nc2ncc(C(=O)NCCc3ccccc3)c(Nc3cccc(OC(N)=O)c3)n2)cn1. The molecule has 0 aliphatic rings. The Bertz CT molecular complexity index is 1320. The summed E-state index contributed by atoms with van der Waals surface area (Å²) in [6.07, 6.45) is 4.60. The van der Waals surface area contributed by atoms with E-state index >= 15 is 0 Å². The molecule has 0 aliphatic heterocycles. The fourth-order valence-electron chi connectivity index (χ4n) is 3.27. The number of primary amides is 1. The van der Waals surface area contributed by atoms with Gasteiger partial charge in [-0.25, -0.2) is 9.78 Å². The maximum absolute atomic E-state index is 13.0. The van der Waals surface area contributed by atoms with E-state index < -0.39 is 6.09 Å². The van der Waals surface area contributed by atoms with Crippen LogP contribution in [0.3, 0.4) is 0 Å². The van der Waals surface area contributed by atoms with Crippen LogP contribution in [0.15, 0.2) is 73.2 Å². The summed E-state index contributed by atoms with van der Waals surface area (Å²) in [7, 11) is 1.79. The Hall–Kier alpha value is -4.93. The molecule has 5 N–H and O–H groups in total. The highest BCUT2D eigenvalue weighted by molar-refractivity contribution is 5.99. The van der Waals surface area contributed by atoms with Crippen molar-refractivity contribution in [2.45, 2.75) is 6.42 Å². The number of rotatable bonds is 9. The molecule has 4 rings (SSSR count). The summed E-state index contributed by atoms with van der Waals surface area (Å²) in [6.45, 7) is 0.444. The average Bonchev–Trinajstić information content (AvgIpc) is 3.24. The van der Waals surface area contributed by atoms with E-state index in [1.54, 1.807) is 48.4 Å². The number of benzene rings is 2. The number of hydrogen-bond donors (Lipinski definition) is 4. The van der Waals surface area contributed by atoms with E-state index in [1.807, 2.05) is 30.3 Å². The number of amides is 2. The van der Waals surface area contributed by atoms with Crippen LogP contribution in [0.4, 0.5) is 27.9 Å². The third kappa shape index (κ3) is 6.54. The minimum Gasteiger partial charge on any atom is -0.410 e. The Balaban J connectivity index is 1.55. The molecule has 178 valence electrons. The smallest absolute Gasteiger partial charge is 0.409 e. The van der Waals surface area contributed by atoms with Crippen LogP contribution >= 0.6 is 0 Å². The molecule has 4 aromatic rings. The summed E-state index contributed by atoms with van der Waals surface area (Å²) in [5, 5.41) is 13.2. The van der Waals surface area contributed by atoms with Crippen LogP contribution in [0.25, 0.3) is 0 Å². The quantitative estimate of drug-likeness (QED) is 0.290. The first kappa shape index (κ1) is 23.2. The molecule has 0 bridgehead atoms. The minimum absolute atomic E-state index is 0.246.